The number of fused-ring (bicyclic) bond motifs is 3. The summed E-state index contributed by atoms with van der Waals surface area (Å²) in [6.07, 6.45) is 5.04. The first-order valence-corrected chi connectivity index (χ1v) is 12.3. The van der Waals surface area contributed by atoms with Gasteiger partial charge >= 0.3 is 6.09 Å². The van der Waals surface area contributed by atoms with Crippen molar-refractivity contribution in [3.63, 3.8) is 0 Å². The Bertz CT molecular complexity index is 1350. The predicted molar refractivity (Wildman–Crippen MR) is 134 cm³/mol. The third kappa shape index (κ3) is 4.85. The quantitative estimate of drug-likeness (QED) is 0.563. The maximum Gasteiger partial charge on any atom is 0.417 e. The van der Waals surface area contributed by atoms with Crippen LogP contribution in [-0.4, -0.2) is 61.1 Å². The molecule has 3 heterocycles. The van der Waals surface area contributed by atoms with Crippen molar-refractivity contribution in [2.45, 2.75) is 64.1 Å². The van der Waals surface area contributed by atoms with Gasteiger partial charge in [-0.2, -0.15) is 0 Å². The van der Waals surface area contributed by atoms with Crippen molar-refractivity contribution in [2.75, 3.05) is 12.4 Å². The SMILES string of the molecule is COc1ccc(C(=O)Nc2ncnc3c2ncn3[C@H]2CC[C@@H]3CC(=O)N(C(=O)OC(C)(C)C)[C@H]2C3)cc1. The van der Waals surface area contributed by atoms with Crippen molar-refractivity contribution < 1.29 is 23.9 Å². The van der Waals surface area contributed by atoms with E-state index in [9.17, 15) is 14.4 Å². The van der Waals surface area contributed by atoms with E-state index in [1.54, 1.807) is 58.5 Å². The molecule has 1 aliphatic carbocycles. The number of hydrogen-bond acceptors (Lipinski definition) is 8. The van der Waals surface area contributed by atoms with Crippen LogP contribution in [0.2, 0.25) is 0 Å². The minimum atomic E-state index is -0.718. The van der Waals surface area contributed by atoms with Crippen LogP contribution in [0.15, 0.2) is 36.9 Å². The number of nitrogens with zero attached hydrogens (tertiary/aromatic N) is 5. The minimum Gasteiger partial charge on any atom is -0.497 e. The van der Waals surface area contributed by atoms with Crippen LogP contribution in [0.3, 0.4) is 0 Å². The van der Waals surface area contributed by atoms with Gasteiger partial charge in [-0.15, -0.1) is 0 Å². The number of methoxy groups -OCH3 is 1. The highest BCUT2D eigenvalue weighted by Crippen LogP contribution is 2.42. The number of rotatable bonds is 4. The number of benzene rings is 1. The molecule has 3 atom stereocenters. The highest BCUT2D eigenvalue weighted by Gasteiger charge is 2.47. The van der Waals surface area contributed by atoms with Crippen LogP contribution in [0.4, 0.5) is 10.6 Å². The Balaban J connectivity index is 1.44. The van der Waals surface area contributed by atoms with Crippen LogP contribution in [0, 0.1) is 5.92 Å². The molecule has 1 N–H and O–H groups in total. The molecule has 11 heteroatoms. The fourth-order valence-corrected chi connectivity index (χ4v) is 5.19. The van der Waals surface area contributed by atoms with E-state index in [0.29, 0.717) is 35.3 Å². The summed E-state index contributed by atoms with van der Waals surface area (Å²) in [7, 11) is 1.56. The molecule has 0 spiro atoms. The standard InChI is InChI=1S/C26H30N6O5/c1-26(2,3)37-25(35)32-19-11-15(12-20(32)33)5-10-18(19)31-14-29-21-22(27-13-28-23(21)31)30-24(34)16-6-8-17(36-4)9-7-16/h6-9,13-15,18-19H,5,10-12H2,1-4H3,(H,27,28,30,34)/t15-,18-,19-/m0/s1. The number of carbonyl (C=O) groups excluding carboxylic acids is 3. The number of aromatic nitrogens is 4. The van der Waals surface area contributed by atoms with Crippen molar-refractivity contribution >= 4 is 34.9 Å². The molecule has 194 valence electrons. The third-order valence-corrected chi connectivity index (χ3v) is 6.84. The zero-order valence-electron chi connectivity index (χ0n) is 21.3. The lowest BCUT2D eigenvalue weighted by Crippen LogP contribution is -2.56. The Hall–Kier alpha value is -4.02. The van der Waals surface area contributed by atoms with Gasteiger partial charge in [0, 0.05) is 12.0 Å². The van der Waals surface area contributed by atoms with Crippen LogP contribution < -0.4 is 10.1 Å². The topological polar surface area (TPSA) is 129 Å². The Labute approximate surface area is 214 Å². The number of nitrogens with one attached hydrogen (secondary N) is 1. The van der Waals surface area contributed by atoms with E-state index < -0.39 is 11.7 Å². The van der Waals surface area contributed by atoms with Crippen LogP contribution in [0.5, 0.6) is 5.75 Å². The molecule has 1 aromatic carbocycles. The van der Waals surface area contributed by atoms with Gasteiger partial charge in [-0.3, -0.25) is 9.59 Å². The average molecular weight is 507 g/mol. The van der Waals surface area contributed by atoms with E-state index in [1.165, 1.54) is 11.2 Å². The van der Waals surface area contributed by atoms with Crippen LogP contribution >= 0.6 is 0 Å². The Morgan fingerprint density at radius 2 is 1.81 bits per heavy atom. The lowest BCUT2D eigenvalue weighted by Gasteiger charge is -2.46. The zero-order chi connectivity index (χ0) is 26.3. The van der Waals surface area contributed by atoms with Gasteiger partial charge in [-0.1, -0.05) is 0 Å². The third-order valence-electron chi connectivity index (χ3n) is 6.84. The lowest BCUT2D eigenvalue weighted by atomic mass is 9.76. The second kappa shape index (κ2) is 9.45. The highest BCUT2D eigenvalue weighted by atomic mass is 16.6. The fraction of sp³-hybridized carbons (Fsp3) is 0.462. The molecule has 11 nitrogen and oxygen atoms in total. The van der Waals surface area contributed by atoms with E-state index in [4.69, 9.17) is 9.47 Å². The number of amides is 3. The Kier molecular flexibility index (Phi) is 6.30. The summed E-state index contributed by atoms with van der Waals surface area (Å²) in [5.74, 6) is 0.604. The van der Waals surface area contributed by atoms with E-state index >= 15 is 0 Å². The number of likely N-dealkylation sites (tertiary alicyclic amines) is 1. The Morgan fingerprint density at radius 1 is 1.05 bits per heavy atom. The van der Waals surface area contributed by atoms with E-state index in [2.05, 4.69) is 20.3 Å². The van der Waals surface area contributed by atoms with Crippen molar-refractivity contribution in [3.05, 3.63) is 42.5 Å². The summed E-state index contributed by atoms with van der Waals surface area (Å²) < 4.78 is 12.6. The molecule has 0 radical (unpaired) electrons. The smallest absolute Gasteiger partial charge is 0.417 e. The predicted octanol–water partition coefficient (Wildman–Crippen LogP) is 3.96. The van der Waals surface area contributed by atoms with Crippen molar-refractivity contribution in [2.24, 2.45) is 5.92 Å². The van der Waals surface area contributed by atoms with Crippen molar-refractivity contribution in [1.29, 1.82) is 0 Å². The number of hydrogen-bond donors (Lipinski definition) is 1. The van der Waals surface area contributed by atoms with Gasteiger partial charge in [0.2, 0.25) is 5.91 Å². The van der Waals surface area contributed by atoms with Gasteiger partial charge in [0.05, 0.1) is 25.5 Å². The van der Waals surface area contributed by atoms with Crippen molar-refractivity contribution in [3.8, 4) is 5.75 Å². The molecular weight excluding hydrogens is 476 g/mol. The summed E-state index contributed by atoms with van der Waals surface area (Å²) in [6, 6.07) is 6.14. The second-order valence-corrected chi connectivity index (χ2v) is 10.5. The van der Waals surface area contributed by atoms with Gasteiger partial charge in [0.25, 0.3) is 5.91 Å². The first kappa shape index (κ1) is 24.7. The number of carbonyl (C=O) groups is 3. The number of ether oxygens (including phenoxy) is 2. The molecule has 5 rings (SSSR count). The monoisotopic (exact) mass is 506 g/mol. The maximum atomic E-state index is 13.0. The molecule has 1 saturated heterocycles. The van der Waals surface area contributed by atoms with Gasteiger partial charge in [0.15, 0.2) is 17.0 Å². The highest BCUT2D eigenvalue weighted by molar-refractivity contribution is 6.06. The van der Waals surface area contributed by atoms with E-state index in [-0.39, 0.29) is 35.6 Å². The molecule has 0 unspecified atom stereocenters. The molecule has 2 bridgehead atoms. The number of imidazole rings is 1. The van der Waals surface area contributed by atoms with Gasteiger partial charge < -0.3 is 19.4 Å². The van der Waals surface area contributed by atoms with E-state index in [1.807, 2.05) is 4.57 Å². The molecule has 3 amide bonds. The van der Waals surface area contributed by atoms with Crippen LogP contribution in [0.1, 0.15) is 62.9 Å². The van der Waals surface area contributed by atoms with E-state index in [0.717, 1.165) is 12.8 Å². The van der Waals surface area contributed by atoms with Crippen LogP contribution in [0.25, 0.3) is 11.2 Å². The largest absolute Gasteiger partial charge is 0.497 e. The fourth-order valence-electron chi connectivity index (χ4n) is 5.19. The summed E-state index contributed by atoms with van der Waals surface area (Å²) in [5, 5.41) is 2.81. The first-order chi connectivity index (χ1) is 17.6. The molecule has 2 fully saturated rings. The molecule has 2 aromatic heterocycles. The molecule has 2 aliphatic rings. The summed E-state index contributed by atoms with van der Waals surface area (Å²) >= 11 is 0. The molecule has 37 heavy (non-hydrogen) atoms. The first-order valence-electron chi connectivity index (χ1n) is 12.3. The number of anilines is 1. The van der Waals surface area contributed by atoms with Gasteiger partial charge in [0.1, 0.15) is 17.7 Å². The molecular formula is C26H30N6O5. The minimum absolute atomic E-state index is 0.216. The average Bonchev–Trinajstić information content (AvgIpc) is 3.28. The Morgan fingerprint density at radius 3 is 2.51 bits per heavy atom. The van der Waals surface area contributed by atoms with Gasteiger partial charge in [-0.25, -0.2) is 24.6 Å². The van der Waals surface area contributed by atoms with Gasteiger partial charge in [-0.05, 0) is 70.2 Å². The maximum absolute atomic E-state index is 13.0. The number of imide groups is 1. The van der Waals surface area contributed by atoms with Crippen LogP contribution in [-0.2, 0) is 9.53 Å². The molecule has 1 aliphatic heterocycles. The zero-order valence-corrected chi connectivity index (χ0v) is 21.3. The molecule has 3 aromatic rings. The number of piperidine rings is 1. The molecule has 1 saturated carbocycles. The summed E-state index contributed by atoms with van der Waals surface area (Å²) in [5.41, 5.74) is 0.673. The summed E-state index contributed by atoms with van der Waals surface area (Å²) in [6.45, 7) is 5.34. The van der Waals surface area contributed by atoms with Crippen molar-refractivity contribution in [1.82, 2.24) is 24.4 Å². The lowest BCUT2D eigenvalue weighted by molar-refractivity contribution is -0.140. The normalized spacial score (nSPS) is 21.6. The summed E-state index contributed by atoms with van der Waals surface area (Å²) in [4.78, 5) is 53.3. The second-order valence-electron chi connectivity index (χ2n) is 10.5.